The molecule has 0 atom stereocenters. The minimum Gasteiger partial charge on any atom is -0.382 e. The molecule has 0 aliphatic carbocycles. The van der Waals surface area contributed by atoms with E-state index in [2.05, 4.69) is 17.2 Å². The highest BCUT2D eigenvalue weighted by atomic mass is 32.2. The number of amides is 1. The molecular formula is C14H24N4OS2. The van der Waals surface area contributed by atoms with Crippen LogP contribution in [0.2, 0.25) is 0 Å². The molecule has 1 aliphatic rings. The summed E-state index contributed by atoms with van der Waals surface area (Å²) in [6, 6.07) is 0. The highest BCUT2D eigenvalue weighted by Gasteiger charge is 2.20. The van der Waals surface area contributed by atoms with Crippen LogP contribution in [0.25, 0.3) is 0 Å². The fraction of sp³-hybridized carbons (Fsp3) is 0.714. The summed E-state index contributed by atoms with van der Waals surface area (Å²) >= 11 is 3.37. The molecular weight excluding hydrogens is 304 g/mol. The molecule has 2 rings (SSSR count). The molecule has 0 aromatic carbocycles. The molecule has 118 valence electrons. The Morgan fingerprint density at radius 1 is 1.48 bits per heavy atom. The number of thiazole rings is 1. The van der Waals surface area contributed by atoms with Crippen LogP contribution in [0.4, 0.5) is 10.9 Å². The first-order chi connectivity index (χ1) is 10.1. The normalized spacial score (nSPS) is 15.9. The zero-order valence-corrected chi connectivity index (χ0v) is 14.4. The Bertz CT molecular complexity index is 472. The molecule has 0 saturated carbocycles. The third-order valence-electron chi connectivity index (χ3n) is 3.63. The Morgan fingerprint density at radius 3 is 2.86 bits per heavy atom. The minimum atomic E-state index is -0.0839. The molecule has 0 radical (unpaired) electrons. The van der Waals surface area contributed by atoms with Gasteiger partial charge in [-0.3, -0.25) is 4.79 Å². The van der Waals surface area contributed by atoms with Gasteiger partial charge in [-0.15, -0.1) is 0 Å². The number of carbonyl (C=O) groups excluding carboxylic acids is 1. The molecule has 21 heavy (non-hydrogen) atoms. The van der Waals surface area contributed by atoms with Crippen molar-refractivity contribution in [2.75, 3.05) is 42.3 Å². The first-order valence-electron chi connectivity index (χ1n) is 7.45. The molecule has 0 spiro atoms. The summed E-state index contributed by atoms with van der Waals surface area (Å²) in [7, 11) is 1.98. The van der Waals surface area contributed by atoms with Gasteiger partial charge >= 0.3 is 0 Å². The minimum absolute atomic E-state index is 0.0839. The van der Waals surface area contributed by atoms with Gasteiger partial charge in [0.1, 0.15) is 10.7 Å². The van der Waals surface area contributed by atoms with E-state index in [1.54, 1.807) is 0 Å². The number of carbonyl (C=O) groups is 1. The number of nitrogen functional groups attached to an aromatic ring is 1. The summed E-state index contributed by atoms with van der Waals surface area (Å²) in [4.78, 5) is 19.1. The van der Waals surface area contributed by atoms with Crippen molar-refractivity contribution in [1.29, 1.82) is 0 Å². The van der Waals surface area contributed by atoms with Crippen LogP contribution in [0.15, 0.2) is 0 Å². The summed E-state index contributed by atoms with van der Waals surface area (Å²) in [5, 5.41) is 3.83. The van der Waals surface area contributed by atoms with Gasteiger partial charge < -0.3 is 16.0 Å². The lowest BCUT2D eigenvalue weighted by atomic mass is 10.0. The Kier molecular flexibility index (Phi) is 6.17. The van der Waals surface area contributed by atoms with Gasteiger partial charge in [-0.25, -0.2) is 4.98 Å². The molecule has 5 nitrogen and oxygen atoms in total. The van der Waals surface area contributed by atoms with Crippen molar-refractivity contribution in [3.05, 3.63) is 4.88 Å². The molecule has 1 amide bonds. The maximum absolute atomic E-state index is 12.3. The fourth-order valence-corrected chi connectivity index (χ4v) is 4.44. The highest BCUT2D eigenvalue weighted by Crippen LogP contribution is 2.28. The lowest BCUT2D eigenvalue weighted by molar-refractivity contribution is 0.0951. The Balaban J connectivity index is 1.92. The Labute approximate surface area is 134 Å². The first-order valence-corrected chi connectivity index (χ1v) is 9.42. The van der Waals surface area contributed by atoms with E-state index in [0.717, 1.165) is 24.6 Å². The second kappa shape index (κ2) is 7.89. The van der Waals surface area contributed by atoms with E-state index in [0.29, 0.717) is 16.6 Å². The fourth-order valence-electron chi connectivity index (χ4n) is 2.35. The summed E-state index contributed by atoms with van der Waals surface area (Å²) in [6.07, 6.45) is 3.42. The van der Waals surface area contributed by atoms with Crippen LogP contribution in [-0.2, 0) is 0 Å². The number of hydrogen-bond acceptors (Lipinski definition) is 6. The molecule has 1 aromatic heterocycles. The second-order valence-electron chi connectivity index (χ2n) is 5.40. The van der Waals surface area contributed by atoms with Gasteiger partial charge in [0.25, 0.3) is 5.91 Å². The van der Waals surface area contributed by atoms with Crippen molar-refractivity contribution in [3.8, 4) is 0 Å². The zero-order valence-electron chi connectivity index (χ0n) is 12.7. The van der Waals surface area contributed by atoms with Crippen LogP contribution >= 0.6 is 23.1 Å². The number of thioether (sulfide) groups is 1. The lowest BCUT2D eigenvalue weighted by Crippen LogP contribution is -2.30. The van der Waals surface area contributed by atoms with Gasteiger partial charge in [0.2, 0.25) is 0 Å². The molecule has 2 heterocycles. The van der Waals surface area contributed by atoms with Crippen molar-refractivity contribution in [3.63, 3.8) is 0 Å². The third kappa shape index (κ3) is 4.51. The van der Waals surface area contributed by atoms with E-state index in [-0.39, 0.29) is 5.91 Å². The largest absolute Gasteiger partial charge is 0.382 e. The number of hydrogen-bond donors (Lipinski definition) is 2. The van der Waals surface area contributed by atoms with E-state index < -0.39 is 0 Å². The highest BCUT2D eigenvalue weighted by molar-refractivity contribution is 7.99. The van der Waals surface area contributed by atoms with Crippen LogP contribution < -0.4 is 16.0 Å². The average molecular weight is 329 g/mol. The number of rotatable bonds is 6. The summed E-state index contributed by atoms with van der Waals surface area (Å²) in [5.74, 6) is 3.27. The number of nitrogens with two attached hydrogens (primary N) is 1. The van der Waals surface area contributed by atoms with E-state index >= 15 is 0 Å². The van der Waals surface area contributed by atoms with Gasteiger partial charge in [-0.2, -0.15) is 11.8 Å². The van der Waals surface area contributed by atoms with Crippen LogP contribution in [0.3, 0.4) is 0 Å². The number of anilines is 2. The van der Waals surface area contributed by atoms with Crippen molar-refractivity contribution in [1.82, 2.24) is 10.3 Å². The zero-order chi connectivity index (χ0) is 15.2. The number of nitrogens with zero attached hydrogens (tertiary/aromatic N) is 2. The molecule has 1 aromatic rings. The lowest BCUT2D eigenvalue weighted by Gasteiger charge is -2.21. The van der Waals surface area contributed by atoms with Crippen LogP contribution in [0.5, 0.6) is 0 Å². The van der Waals surface area contributed by atoms with Gasteiger partial charge in [0.15, 0.2) is 5.13 Å². The van der Waals surface area contributed by atoms with E-state index in [4.69, 9.17) is 5.73 Å². The molecule has 1 fully saturated rings. The van der Waals surface area contributed by atoms with Gasteiger partial charge in [0, 0.05) is 20.1 Å². The van der Waals surface area contributed by atoms with E-state index in [1.807, 2.05) is 23.7 Å². The Hall–Kier alpha value is -0.950. The molecule has 1 aliphatic heterocycles. The van der Waals surface area contributed by atoms with Crippen LogP contribution in [0.1, 0.15) is 35.9 Å². The molecule has 3 N–H and O–H groups in total. The molecule has 1 saturated heterocycles. The summed E-state index contributed by atoms with van der Waals surface area (Å²) < 4.78 is 0. The first kappa shape index (κ1) is 16.4. The van der Waals surface area contributed by atoms with Crippen molar-refractivity contribution >= 4 is 40.0 Å². The topological polar surface area (TPSA) is 71.2 Å². The predicted molar refractivity (Wildman–Crippen MR) is 92.5 cm³/mol. The smallest absolute Gasteiger partial charge is 0.265 e. The second-order valence-corrected chi connectivity index (χ2v) is 7.60. The van der Waals surface area contributed by atoms with Crippen LogP contribution in [0, 0.1) is 5.92 Å². The number of nitrogens with one attached hydrogen (secondary N) is 1. The molecule has 0 bridgehead atoms. The quantitative estimate of drug-likeness (QED) is 0.839. The van der Waals surface area contributed by atoms with Gasteiger partial charge in [-0.05, 0) is 36.7 Å². The standard InChI is InChI=1S/C14H24N4OS2/c1-3-6-18(2)14-17-12(15)11(21-14)13(19)16-9-10-4-7-20-8-5-10/h10H,3-9,15H2,1-2H3,(H,16,19). The molecule has 7 heteroatoms. The predicted octanol–water partition coefficient (Wildman–Crippen LogP) is 2.44. The number of aromatic nitrogens is 1. The summed E-state index contributed by atoms with van der Waals surface area (Å²) in [6.45, 7) is 3.77. The Morgan fingerprint density at radius 2 is 2.19 bits per heavy atom. The maximum atomic E-state index is 12.3. The van der Waals surface area contributed by atoms with Crippen molar-refractivity contribution < 1.29 is 4.79 Å². The third-order valence-corrected chi connectivity index (χ3v) is 5.86. The van der Waals surface area contributed by atoms with Crippen LogP contribution in [-0.4, -0.2) is 42.5 Å². The van der Waals surface area contributed by atoms with Gasteiger partial charge in [0.05, 0.1) is 0 Å². The van der Waals surface area contributed by atoms with Crippen molar-refractivity contribution in [2.45, 2.75) is 26.2 Å². The summed E-state index contributed by atoms with van der Waals surface area (Å²) in [5.41, 5.74) is 5.89. The van der Waals surface area contributed by atoms with E-state index in [9.17, 15) is 4.79 Å². The van der Waals surface area contributed by atoms with Crippen molar-refractivity contribution in [2.24, 2.45) is 5.92 Å². The van der Waals surface area contributed by atoms with E-state index in [1.165, 1.54) is 35.7 Å². The maximum Gasteiger partial charge on any atom is 0.265 e. The SMILES string of the molecule is CCCN(C)c1nc(N)c(C(=O)NCC2CCSCC2)s1. The molecule has 0 unspecified atom stereocenters. The van der Waals surface area contributed by atoms with Gasteiger partial charge in [-0.1, -0.05) is 18.3 Å². The average Bonchev–Trinajstić information content (AvgIpc) is 2.88. The monoisotopic (exact) mass is 328 g/mol.